The maximum atomic E-state index is 13.5. The lowest BCUT2D eigenvalue weighted by Crippen LogP contribution is -2.30. The van der Waals surface area contributed by atoms with Gasteiger partial charge in [-0.05, 0) is 160 Å². The van der Waals surface area contributed by atoms with Crippen LogP contribution in [0, 0.1) is 0 Å². The topological polar surface area (TPSA) is 169 Å². The van der Waals surface area contributed by atoms with Crippen LogP contribution in [0.3, 0.4) is 0 Å². The Morgan fingerprint density at radius 3 is 0.971 bits per heavy atom. The molecular formula is C84H77F3N8O9. The van der Waals surface area contributed by atoms with Crippen molar-refractivity contribution in [2.75, 3.05) is 40.9 Å². The molecule has 8 aromatic carbocycles. The van der Waals surface area contributed by atoms with Crippen LogP contribution < -0.4 is 33.8 Å². The number of carbonyl (C=O) groups is 4. The second-order valence-corrected chi connectivity index (χ2v) is 26.0. The zero-order chi connectivity index (χ0) is 73.1. The SMILES string of the molecule is COc1cc(OC)cc(C(=O)N2Cc3ccn(C)c3Cc3ccccc32)c1.COc1cccc(C(=O)N2Cc3ccn(C)c3Cc3ccccc32)c1.Cn1ccc2c1Cc1ccccc1N(C(=O)c1cc(O)cc(O)c1)C2.Cn1ccc2c1Cc1ccccc1N(C(=O)c1ccc(C(F)(F)F)cc1)C2. The van der Waals surface area contributed by atoms with Crippen molar-refractivity contribution in [1.82, 2.24) is 18.3 Å². The standard InChI is InChI=1S/C22H22N2O3.C21H17F3N2O.C21H20N2O2.C20H18N2O3/c1-23-9-8-16-14-24(20-7-5-4-6-15(20)12-21(16)23)22(25)17-10-18(26-2)13-19(11-17)27-3;1-25-11-10-16-13-26(18-5-3-2-4-15(18)12-19(16)25)20(27)14-6-8-17(9-7-14)21(22,23)24;1-22-11-10-17-14-23(19-9-4-3-6-15(19)13-20(17)22)21(24)16-7-5-8-18(12-16)25-2;1-21-7-6-14-12-22(18-5-3-2-4-13(18)10-19(14)21)20(25)15-8-16(23)11-17(24)9-15/h4-11,13H,12,14H2,1-3H3;2-11H,12-13H2,1H3;3-12H,13-14H2,1-2H3;2-9,11,23-24H,10,12H2,1H3. The summed E-state index contributed by atoms with van der Waals surface area (Å²) >= 11 is 0. The highest BCUT2D eigenvalue weighted by atomic mass is 19.4. The highest BCUT2D eigenvalue weighted by molar-refractivity contribution is 6.09. The number of fused-ring (bicyclic) bond motifs is 8. The monoisotopic (exact) mass is 1400 g/mol. The van der Waals surface area contributed by atoms with Gasteiger partial charge in [0, 0.05) is 159 Å². The van der Waals surface area contributed by atoms with Crippen molar-refractivity contribution in [2.45, 2.75) is 58.0 Å². The van der Waals surface area contributed by atoms with E-state index in [-0.39, 0.29) is 46.3 Å². The van der Waals surface area contributed by atoms with Crippen LogP contribution in [0.15, 0.2) is 231 Å². The summed E-state index contributed by atoms with van der Waals surface area (Å²) in [6.07, 6.45) is 6.74. The molecular weight excluding hydrogens is 1320 g/mol. The molecule has 4 aliphatic rings. The Hall–Kier alpha value is -12.5. The Bertz CT molecular complexity index is 5180. The first-order chi connectivity index (χ1) is 50.1. The molecule has 0 bridgehead atoms. The Labute approximate surface area is 600 Å². The van der Waals surface area contributed by atoms with Gasteiger partial charge in [0.15, 0.2) is 0 Å². The van der Waals surface area contributed by atoms with Gasteiger partial charge in [0.25, 0.3) is 23.6 Å². The van der Waals surface area contributed by atoms with Crippen molar-refractivity contribution in [3.63, 3.8) is 0 Å². The van der Waals surface area contributed by atoms with E-state index in [1.807, 2.05) is 163 Å². The van der Waals surface area contributed by atoms with Crippen LogP contribution in [-0.2, 0) is 86.2 Å². The molecule has 104 heavy (non-hydrogen) atoms. The number of halogens is 3. The maximum Gasteiger partial charge on any atom is 0.416 e. The van der Waals surface area contributed by atoms with Gasteiger partial charge in [-0.3, -0.25) is 19.2 Å². The average molecular weight is 1400 g/mol. The third kappa shape index (κ3) is 14.6. The highest BCUT2D eigenvalue weighted by Gasteiger charge is 2.34. The van der Waals surface area contributed by atoms with E-state index in [1.54, 1.807) is 55.4 Å². The summed E-state index contributed by atoms with van der Waals surface area (Å²) in [5.41, 5.74) is 18.1. The third-order valence-corrected chi connectivity index (χ3v) is 19.6. The van der Waals surface area contributed by atoms with Crippen LogP contribution in [0.1, 0.15) is 114 Å². The minimum absolute atomic E-state index is 0.0111. The molecule has 0 unspecified atom stereocenters. The Balaban J connectivity index is 0.000000123. The highest BCUT2D eigenvalue weighted by Crippen LogP contribution is 2.39. The van der Waals surface area contributed by atoms with E-state index in [1.165, 1.54) is 58.5 Å². The Kier molecular flexibility index (Phi) is 19.9. The number of rotatable bonds is 7. The number of hydrogen-bond donors (Lipinski definition) is 2. The first-order valence-electron chi connectivity index (χ1n) is 33.8. The molecule has 0 spiro atoms. The average Bonchev–Trinajstić information content (AvgIpc) is 1.66. The second-order valence-electron chi connectivity index (χ2n) is 26.0. The zero-order valence-corrected chi connectivity index (χ0v) is 58.6. The molecule has 12 aromatic rings. The number of carbonyl (C=O) groups excluding carboxylic acids is 4. The van der Waals surface area contributed by atoms with Crippen molar-refractivity contribution >= 4 is 46.4 Å². The molecule has 4 amide bonds. The van der Waals surface area contributed by atoms with E-state index >= 15 is 0 Å². The van der Waals surface area contributed by atoms with E-state index in [4.69, 9.17) is 14.2 Å². The number of phenolic OH excluding ortho intramolecular Hbond substituents is 2. The number of aromatic hydroxyl groups is 2. The van der Waals surface area contributed by atoms with Crippen molar-refractivity contribution in [3.05, 3.63) is 326 Å². The number of aromatic nitrogens is 4. The number of anilines is 4. The van der Waals surface area contributed by atoms with Gasteiger partial charge in [-0.2, -0.15) is 13.2 Å². The lowest BCUT2D eigenvalue weighted by molar-refractivity contribution is -0.137. The molecule has 16 rings (SSSR count). The minimum Gasteiger partial charge on any atom is -0.508 e. The Morgan fingerprint density at radius 2 is 0.635 bits per heavy atom. The summed E-state index contributed by atoms with van der Waals surface area (Å²) in [5, 5.41) is 19.4. The van der Waals surface area contributed by atoms with Gasteiger partial charge >= 0.3 is 6.18 Å². The van der Waals surface area contributed by atoms with E-state index in [2.05, 4.69) is 57.4 Å². The number of phenols is 2. The molecule has 17 nitrogen and oxygen atoms in total. The first kappa shape index (κ1) is 70.0. The third-order valence-electron chi connectivity index (χ3n) is 19.6. The molecule has 4 aliphatic heterocycles. The molecule has 0 saturated carbocycles. The summed E-state index contributed by atoms with van der Waals surface area (Å²) in [7, 11) is 12.9. The molecule has 0 atom stereocenters. The fraction of sp³-hybridized carbons (Fsp3) is 0.190. The lowest BCUT2D eigenvalue weighted by Gasteiger charge is -2.23. The normalized spacial score (nSPS) is 13.1. The molecule has 0 aliphatic carbocycles. The summed E-state index contributed by atoms with van der Waals surface area (Å²) in [6.45, 7) is 1.93. The second kappa shape index (κ2) is 29.6. The van der Waals surface area contributed by atoms with Crippen LogP contribution in [0.4, 0.5) is 35.9 Å². The number of benzene rings is 8. The molecule has 528 valence electrons. The Morgan fingerprint density at radius 1 is 0.327 bits per heavy atom. The molecule has 2 N–H and O–H groups in total. The van der Waals surface area contributed by atoms with Crippen LogP contribution in [-0.4, -0.2) is 73.4 Å². The smallest absolute Gasteiger partial charge is 0.416 e. The fourth-order valence-corrected chi connectivity index (χ4v) is 14.0. The predicted molar refractivity (Wildman–Crippen MR) is 394 cm³/mol. The number of hydrogen-bond acceptors (Lipinski definition) is 9. The largest absolute Gasteiger partial charge is 0.508 e. The van der Waals surface area contributed by atoms with Gasteiger partial charge in [-0.15, -0.1) is 0 Å². The summed E-state index contributed by atoms with van der Waals surface area (Å²) < 4.78 is 62.7. The molecule has 0 radical (unpaired) electrons. The number of para-hydroxylation sites is 4. The van der Waals surface area contributed by atoms with Crippen LogP contribution >= 0.6 is 0 Å². The lowest BCUT2D eigenvalue weighted by atomic mass is 10.1. The minimum atomic E-state index is -4.42. The molecule has 4 aromatic heterocycles. The van der Waals surface area contributed by atoms with Crippen LogP contribution in [0.25, 0.3) is 0 Å². The number of alkyl halides is 3. The van der Waals surface area contributed by atoms with Gasteiger partial charge in [0.2, 0.25) is 0 Å². The van der Waals surface area contributed by atoms with Crippen molar-refractivity contribution < 1.29 is 56.8 Å². The van der Waals surface area contributed by atoms with E-state index in [0.29, 0.717) is 61.0 Å². The van der Waals surface area contributed by atoms with Crippen molar-refractivity contribution in [3.8, 4) is 28.7 Å². The van der Waals surface area contributed by atoms with Gasteiger partial charge < -0.3 is 62.3 Å². The van der Waals surface area contributed by atoms with E-state index in [0.717, 1.165) is 93.2 Å². The summed E-state index contributed by atoms with van der Waals surface area (Å²) in [4.78, 5) is 60.1. The van der Waals surface area contributed by atoms with Gasteiger partial charge in [0.1, 0.15) is 28.7 Å². The quantitative estimate of drug-likeness (QED) is 0.158. The first-order valence-corrected chi connectivity index (χ1v) is 33.8. The predicted octanol–water partition coefficient (Wildman–Crippen LogP) is 15.6. The van der Waals surface area contributed by atoms with Gasteiger partial charge in [-0.25, -0.2) is 0 Å². The molecule has 0 fully saturated rings. The van der Waals surface area contributed by atoms with Gasteiger partial charge in [-0.1, -0.05) is 78.9 Å². The number of nitrogens with zero attached hydrogens (tertiary/aromatic N) is 8. The van der Waals surface area contributed by atoms with E-state index in [9.17, 15) is 42.6 Å². The maximum absolute atomic E-state index is 13.5. The summed E-state index contributed by atoms with van der Waals surface area (Å²) in [5.74, 6) is 0.970. The molecule has 0 saturated heterocycles. The number of amides is 4. The summed E-state index contributed by atoms with van der Waals surface area (Å²) in [6, 6.07) is 60.9. The number of ether oxygens (including phenoxy) is 3. The fourth-order valence-electron chi connectivity index (χ4n) is 14.0. The van der Waals surface area contributed by atoms with Crippen LogP contribution in [0.2, 0.25) is 0 Å². The zero-order valence-electron chi connectivity index (χ0n) is 58.6. The molecule has 8 heterocycles. The number of aryl methyl sites for hydroxylation is 4. The van der Waals surface area contributed by atoms with Crippen molar-refractivity contribution in [2.24, 2.45) is 28.2 Å². The van der Waals surface area contributed by atoms with Crippen LogP contribution in [0.5, 0.6) is 28.7 Å². The van der Waals surface area contributed by atoms with E-state index < -0.39 is 11.7 Å². The number of methoxy groups -OCH3 is 3. The molecule has 20 heteroatoms. The van der Waals surface area contributed by atoms with Gasteiger partial charge in [0.05, 0.1) is 53.1 Å². The van der Waals surface area contributed by atoms with Crippen molar-refractivity contribution in [1.29, 1.82) is 0 Å².